The number of rotatable bonds is 5. The van der Waals surface area contributed by atoms with Crippen LogP contribution < -0.4 is 15.8 Å². The Labute approximate surface area is 123 Å². The van der Waals surface area contributed by atoms with E-state index >= 15 is 0 Å². The van der Waals surface area contributed by atoms with Crippen LogP contribution in [0.1, 0.15) is 15.9 Å². The van der Waals surface area contributed by atoms with E-state index in [0.717, 1.165) is 11.3 Å². The van der Waals surface area contributed by atoms with Crippen molar-refractivity contribution in [1.29, 1.82) is 0 Å². The van der Waals surface area contributed by atoms with Gasteiger partial charge in [0.05, 0.1) is 31.2 Å². The molecule has 2 aromatic rings. The fourth-order valence-corrected chi connectivity index (χ4v) is 2.08. The fraction of sp³-hybridized carbons (Fsp3) is 0.188. The van der Waals surface area contributed by atoms with E-state index in [1.54, 1.807) is 25.3 Å². The molecule has 0 fully saturated rings. The Bertz CT molecular complexity index is 641. The van der Waals surface area contributed by atoms with Gasteiger partial charge in [-0.15, -0.1) is 0 Å². The van der Waals surface area contributed by atoms with Crippen LogP contribution in [0.25, 0.3) is 0 Å². The molecule has 3 N–H and O–H groups in total. The zero-order chi connectivity index (χ0) is 15.2. The van der Waals surface area contributed by atoms with Gasteiger partial charge >= 0.3 is 5.97 Å². The monoisotopic (exact) mass is 286 g/mol. The number of hydrogen-bond acceptors (Lipinski definition) is 5. The number of para-hydroxylation sites is 2. The first kappa shape index (κ1) is 14.7. The van der Waals surface area contributed by atoms with Crippen LogP contribution in [0, 0.1) is 0 Å². The number of ether oxygens (including phenoxy) is 2. The topological polar surface area (TPSA) is 73.6 Å². The molecule has 110 valence electrons. The molecule has 0 aliphatic carbocycles. The van der Waals surface area contributed by atoms with E-state index in [0.29, 0.717) is 23.5 Å². The number of hydrogen-bond donors (Lipinski definition) is 2. The molecule has 0 unspecified atom stereocenters. The summed E-state index contributed by atoms with van der Waals surface area (Å²) >= 11 is 0. The first-order valence-corrected chi connectivity index (χ1v) is 6.50. The van der Waals surface area contributed by atoms with Gasteiger partial charge in [0.2, 0.25) is 0 Å². The molecule has 5 heteroatoms. The minimum Gasteiger partial charge on any atom is -0.496 e. The number of benzene rings is 2. The van der Waals surface area contributed by atoms with Crippen LogP contribution in [-0.4, -0.2) is 20.2 Å². The molecular formula is C16H18N2O3. The van der Waals surface area contributed by atoms with Crippen molar-refractivity contribution in [3.8, 4) is 5.75 Å². The van der Waals surface area contributed by atoms with Gasteiger partial charge in [-0.25, -0.2) is 4.79 Å². The lowest BCUT2D eigenvalue weighted by atomic mass is 10.1. The number of nitrogen functional groups attached to an aromatic ring is 1. The summed E-state index contributed by atoms with van der Waals surface area (Å²) in [5, 5.41) is 3.18. The van der Waals surface area contributed by atoms with E-state index in [1.165, 1.54) is 7.11 Å². The lowest BCUT2D eigenvalue weighted by Crippen LogP contribution is -2.10. The Morgan fingerprint density at radius 1 is 1.14 bits per heavy atom. The predicted octanol–water partition coefficient (Wildman–Crippen LogP) is 2.68. The van der Waals surface area contributed by atoms with Crippen LogP contribution in [-0.2, 0) is 11.3 Å². The van der Waals surface area contributed by atoms with E-state index in [1.807, 2.05) is 24.3 Å². The van der Waals surface area contributed by atoms with Crippen LogP contribution in [0.2, 0.25) is 0 Å². The van der Waals surface area contributed by atoms with Gasteiger partial charge in [0.15, 0.2) is 0 Å². The van der Waals surface area contributed by atoms with Crippen molar-refractivity contribution >= 4 is 17.3 Å². The van der Waals surface area contributed by atoms with Crippen molar-refractivity contribution in [1.82, 2.24) is 0 Å². The van der Waals surface area contributed by atoms with Gasteiger partial charge in [-0.3, -0.25) is 0 Å². The normalized spacial score (nSPS) is 10.0. The van der Waals surface area contributed by atoms with Crippen LogP contribution >= 0.6 is 0 Å². The summed E-state index contributed by atoms with van der Waals surface area (Å²) in [6.07, 6.45) is 0. The molecular weight excluding hydrogens is 268 g/mol. The van der Waals surface area contributed by atoms with Crippen molar-refractivity contribution in [2.24, 2.45) is 0 Å². The second kappa shape index (κ2) is 6.65. The summed E-state index contributed by atoms with van der Waals surface area (Å²) < 4.78 is 10.1. The molecule has 2 rings (SSSR count). The molecule has 0 atom stereocenters. The van der Waals surface area contributed by atoms with Gasteiger partial charge in [0, 0.05) is 12.1 Å². The van der Waals surface area contributed by atoms with E-state index in [-0.39, 0.29) is 0 Å². The Balaban J connectivity index is 2.26. The third kappa shape index (κ3) is 3.25. The molecule has 0 spiro atoms. The van der Waals surface area contributed by atoms with Crippen LogP contribution in [0.15, 0.2) is 42.5 Å². The van der Waals surface area contributed by atoms with Gasteiger partial charge in [-0.05, 0) is 18.2 Å². The minimum absolute atomic E-state index is 0.410. The largest absolute Gasteiger partial charge is 0.496 e. The molecule has 0 aliphatic heterocycles. The van der Waals surface area contributed by atoms with E-state index in [9.17, 15) is 4.79 Å². The third-order valence-corrected chi connectivity index (χ3v) is 3.15. The van der Waals surface area contributed by atoms with Crippen LogP contribution in [0.5, 0.6) is 5.75 Å². The maximum Gasteiger partial charge on any atom is 0.340 e. The molecule has 0 aromatic heterocycles. The first-order chi connectivity index (χ1) is 10.2. The second-order valence-corrected chi connectivity index (χ2v) is 4.43. The summed E-state index contributed by atoms with van der Waals surface area (Å²) in [7, 11) is 2.96. The maximum atomic E-state index is 11.8. The van der Waals surface area contributed by atoms with Gasteiger partial charge in [-0.2, -0.15) is 0 Å². The van der Waals surface area contributed by atoms with Crippen molar-refractivity contribution in [2.45, 2.75) is 6.54 Å². The number of carbonyl (C=O) groups is 1. The Morgan fingerprint density at radius 3 is 2.62 bits per heavy atom. The Kier molecular flexibility index (Phi) is 4.66. The van der Waals surface area contributed by atoms with Gasteiger partial charge < -0.3 is 20.5 Å². The smallest absolute Gasteiger partial charge is 0.340 e. The van der Waals surface area contributed by atoms with E-state index in [2.05, 4.69) is 5.32 Å². The van der Waals surface area contributed by atoms with Crippen molar-refractivity contribution in [2.75, 3.05) is 25.3 Å². The maximum absolute atomic E-state index is 11.8. The molecule has 0 bridgehead atoms. The number of anilines is 2. The molecule has 2 aromatic carbocycles. The Morgan fingerprint density at radius 2 is 1.90 bits per heavy atom. The number of methoxy groups -OCH3 is 2. The SMILES string of the molecule is COC(=O)c1cccc(N)c1NCc1ccccc1OC. The summed E-state index contributed by atoms with van der Waals surface area (Å²) in [6.45, 7) is 0.488. The highest BCUT2D eigenvalue weighted by Gasteiger charge is 2.14. The molecule has 5 nitrogen and oxygen atoms in total. The average molecular weight is 286 g/mol. The van der Waals surface area contributed by atoms with Crippen molar-refractivity contribution in [3.05, 3.63) is 53.6 Å². The number of esters is 1. The highest BCUT2D eigenvalue weighted by molar-refractivity contribution is 5.98. The second-order valence-electron chi connectivity index (χ2n) is 4.43. The summed E-state index contributed by atoms with van der Waals surface area (Å²) in [5.74, 6) is 0.351. The van der Waals surface area contributed by atoms with E-state index in [4.69, 9.17) is 15.2 Å². The number of nitrogens with two attached hydrogens (primary N) is 1. The zero-order valence-corrected chi connectivity index (χ0v) is 12.1. The molecule has 21 heavy (non-hydrogen) atoms. The zero-order valence-electron chi connectivity index (χ0n) is 12.1. The standard InChI is InChI=1S/C16H18N2O3/c1-20-14-9-4-3-6-11(14)10-18-15-12(16(19)21-2)7-5-8-13(15)17/h3-9,18H,10,17H2,1-2H3. The predicted molar refractivity (Wildman–Crippen MR) is 82.5 cm³/mol. The molecule has 0 aliphatic rings. The highest BCUT2D eigenvalue weighted by Crippen LogP contribution is 2.26. The van der Waals surface area contributed by atoms with E-state index < -0.39 is 5.97 Å². The Hall–Kier alpha value is -2.69. The average Bonchev–Trinajstić information content (AvgIpc) is 2.53. The third-order valence-electron chi connectivity index (χ3n) is 3.15. The molecule has 0 saturated carbocycles. The summed E-state index contributed by atoms with van der Waals surface area (Å²) in [6, 6.07) is 12.8. The molecule has 0 radical (unpaired) electrons. The molecule has 0 heterocycles. The van der Waals surface area contributed by atoms with Crippen LogP contribution in [0.4, 0.5) is 11.4 Å². The van der Waals surface area contributed by atoms with Gasteiger partial charge in [0.25, 0.3) is 0 Å². The first-order valence-electron chi connectivity index (χ1n) is 6.50. The summed E-state index contributed by atoms with van der Waals surface area (Å²) in [5.41, 5.74) is 8.39. The van der Waals surface area contributed by atoms with Gasteiger partial charge in [0.1, 0.15) is 5.75 Å². The number of carbonyl (C=O) groups excluding carboxylic acids is 1. The lowest BCUT2D eigenvalue weighted by Gasteiger charge is -2.14. The quantitative estimate of drug-likeness (QED) is 0.653. The number of nitrogens with one attached hydrogen (secondary N) is 1. The molecule has 0 saturated heterocycles. The highest BCUT2D eigenvalue weighted by atomic mass is 16.5. The van der Waals surface area contributed by atoms with Gasteiger partial charge in [-0.1, -0.05) is 24.3 Å². The molecule has 0 amide bonds. The van der Waals surface area contributed by atoms with Crippen LogP contribution in [0.3, 0.4) is 0 Å². The van der Waals surface area contributed by atoms with Crippen molar-refractivity contribution < 1.29 is 14.3 Å². The fourth-order valence-electron chi connectivity index (χ4n) is 2.08. The summed E-state index contributed by atoms with van der Waals surface area (Å²) in [4.78, 5) is 11.8. The van der Waals surface area contributed by atoms with Crippen molar-refractivity contribution in [3.63, 3.8) is 0 Å². The minimum atomic E-state index is -0.426. The lowest BCUT2D eigenvalue weighted by molar-refractivity contribution is 0.0602.